The van der Waals surface area contributed by atoms with Crippen LogP contribution in [0.2, 0.25) is 0 Å². The van der Waals surface area contributed by atoms with Crippen LogP contribution in [0.4, 0.5) is 0 Å². The van der Waals surface area contributed by atoms with Crippen LogP contribution in [0.5, 0.6) is 0 Å². The zero-order valence-electron chi connectivity index (χ0n) is 12.7. The van der Waals surface area contributed by atoms with Crippen LogP contribution in [-0.2, 0) is 14.1 Å². The summed E-state index contributed by atoms with van der Waals surface area (Å²) in [6.07, 6.45) is 4.17. The second kappa shape index (κ2) is 5.49. The Labute approximate surface area is 125 Å². The number of benzene rings is 1. The largest absolute Gasteiger partial charge is 0.213 e. The maximum absolute atomic E-state index is 2.26. The van der Waals surface area contributed by atoms with Gasteiger partial charge in [0.25, 0.3) is 0 Å². The Balaban J connectivity index is 2.16. The van der Waals surface area contributed by atoms with Crippen molar-refractivity contribution in [1.29, 1.82) is 0 Å². The second-order valence-corrected chi connectivity index (χ2v) is 5.45. The highest BCUT2D eigenvalue weighted by Gasteiger charge is 2.15. The fourth-order valence-corrected chi connectivity index (χ4v) is 2.54. The molecule has 2 aromatic heterocycles. The fraction of sp³-hybridized carbons (Fsp3) is 0.158. The van der Waals surface area contributed by atoms with Crippen molar-refractivity contribution < 1.29 is 9.13 Å². The minimum absolute atomic E-state index is 1.24. The van der Waals surface area contributed by atoms with Gasteiger partial charge in [-0.25, -0.2) is 4.57 Å². The van der Waals surface area contributed by atoms with Crippen molar-refractivity contribution >= 4 is 0 Å². The molecule has 0 bridgehead atoms. The molecular weight excluding hydrogens is 256 g/mol. The number of aromatic nitrogens is 2. The van der Waals surface area contributed by atoms with E-state index in [0.29, 0.717) is 0 Å². The third-order valence-corrected chi connectivity index (χ3v) is 3.93. The smallest absolute Gasteiger partial charge is 0.208 e. The highest BCUT2D eigenvalue weighted by molar-refractivity contribution is 5.68. The van der Waals surface area contributed by atoms with Crippen LogP contribution in [0.15, 0.2) is 67.0 Å². The summed E-state index contributed by atoms with van der Waals surface area (Å²) in [5, 5.41) is 0. The molecule has 0 amide bonds. The second-order valence-electron chi connectivity index (χ2n) is 5.45. The van der Waals surface area contributed by atoms with E-state index in [1.54, 1.807) is 0 Å². The first-order valence-electron chi connectivity index (χ1n) is 7.17. The molecule has 3 aromatic rings. The maximum Gasteiger partial charge on any atom is 0.213 e. The zero-order chi connectivity index (χ0) is 14.8. The molecule has 2 nitrogen and oxygen atoms in total. The van der Waals surface area contributed by atoms with E-state index in [1.807, 2.05) is 7.05 Å². The van der Waals surface area contributed by atoms with Crippen molar-refractivity contribution in [1.82, 2.24) is 0 Å². The highest BCUT2D eigenvalue weighted by Crippen LogP contribution is 2.24. The van der Waals surface area contributed by atoms with Crippen molar-refractivity contribution in [3.05, 3.63) is 72.7 Å². The van der Waals surface area contributed by atoms with Gasteiger partial charge in [0.2, 0.25) is 5.69 Å². The number of pyridine rings is 2. The van der Waals surface area contributed by atoms with Gasteiger partial charge >= 0.3 is 0 Å². The molecule has 0 unspecified atom stereocenters. The fourth-order valence-electron chi connectivity index (χ4n) is 2.54. The summed E-state index contributed by atoms with van der Waals surface area (Å²) in [6.45, 7) is 2.15. The molecule has 0 aliphatic heterocycles. The molecule has 0 N–H and O–H groups in total. The lowest BCUT2D eigenvalue weighted by molar-refractivity contribution is -0.671. The molecule has 21 heavy (non-hydrogen) atoms. The highest BCUT2D eigenvalue weighted by atomic mass is 14.9. The van der Waals surface area contributed by atoms with Crippen LogP contribution in [0.1, 0.15) is 5.69 Å². The SMILES string of the molecule is Cc1cc(-c2cc[n+](C)cc2)cc(-c2ccccc2)[n+]1C. The van der Waals surface area contributed by atoms with E-state index in [1.165, 1.54) is 28.1 Å². The van der Waals surface area contributed by atoms with Gasteiger partial charge in [-0.15, -0.1) is 0 Å². The summed E-state index contributed by atoms with van der Waals surface area (Å²) in [5.41, 5.74) is 6.23. The first-order chi connectivity index (χ1) is 10.1. The summed E-state index contributed by atoms with van der Waals surface area (Å²) in [5.74, 6) is 0. The molecule has 0 radical (unpaired) electrons. The van der Waals surface area contributed by atoms with Crippen molar-refractivity contribution in [3.63, 3.8) is 0 Å². The quantitative estimate of drug-likeness (QED) is 0.636. The molecular formula is C19H20N2+2. The van der Waals surface area contributed by atoms with Crippen molar-refractivity contribution in [3.8, 4) is 22.4 Å². The van der Waals surface area contributed by atoms with Crippen molar-refractivity contribution in [2.24, 2.45) is 14.1 Å². The first kappa shape index (κ1) is 13.5. The number of aryl methyl sites for hydroxylation is 2. The molecule has 0 saturated heterocycles. The predicted octanol–water partition coefficient (Wildman–Crippen LogP) is 2.98. The molecule has 0 spiro atoms. The minimum atomic E-state index is 1.24. The van der Waals surface area contributed by atoms with Gasteiger partial charge in [0.05, 0.1) is 0 Å². The van der Waals surface area contributed by atoms with Crippen molar-refractivity contribution in [2.75, 3.05) is 0 Å². The van der Waals surface area contributed by atoms with E-state index >= 15 is 0 Å². The summed E-state index contributed by atoms with van der Waals surface area (Å²) in [7, 11) is 4.15. The molecule has 0 fully saturated rings. The van der Waals surface area contributed by atoms with Gasteiger partial charge in [-0.2, -0.15) is 4.57 Å². The van der Waals surface area contributed by atoms with Crippen LogP contribution >= 0.6 is 0 Å². The van der Waals surface area contributed by atoms with Crippen LogP contribution in [0.25, 0.3) is 22.4 Å². The maximum atomic E-state index is 2.26. The minimum Gasteiger partial charge on any atom is -0.208 e. The molecule has 2 heteroatoms. The van der Waals surface area contributed by atoms with Crippen LogP contribution in [0, 0.1) is 6.92 Å². The van der Waals surface area contributed by atoms with Crippen LogP contribution in [-0.4, -0.2) is 0 Å². The van der Waals surface area contributed by atoms with Crippen LogP contribution in [0.3, 0.4) is 0 Å². The third kappa shape index (κ3) is 2.70. The molecule has 2 heterocycles. The Morgan fingerprint density at radius 2 is 1.38 bits per heavy atom. The Kier molecular flexibility index (Phi) is 3.53. The third-order valence-electron chi connectivity index (χ3n) is 3.93. The van der Waals surface area contributed by atoms with E-state index in [-0.39, 0.29) is 0 Å². The van der Waals surface area contributed by atoms with Gasteiger partial charge in [-0.3, -0.25) is 0 Å². The molecule has 104 valence electrons. The Hall–Kier alpha value is -2.48. The average Bonchev–Trinajstić information content (AvgIpc) is 2.51. The normalized spacial score (nSPS) is 10.6. The number of hydrogen-bond donors (Lipinski definition) is 0. The molecule has 3 rings (SSSR count). The zero-order valence-corrected chi connectivity index (χ0v) is 12.7. The van der Waals surface area contributed by atoms with Gasteiger partial charge in [0.15, 0.2) is 18.1 Å². The number of hydrogen-bond acceptors (Lipinski definition) is 0. The Morgan fingerprint density at radius 3 is 2.05 bits per heavy atom. The summed E-state index contributed by atoms with van der Waals surface area (Å²) < 4.78 is 4.29. The van der Waals surface area contributed by atoms with Gasteiger partial charge in [0.1, 0.15) is 14.1 Å². The molecule has 0 atom stereocenters. The monoisotopic (exact) mass is 276 g/mol. The van der Waals surface area contributed by atoms with Crippen LogP contribution < -0.4 is 9.13 Å². The van der Waals surface area contributed by atoms with Gasteiger partial charge < -0.3 is 0 Å². The summed E-state index contributed by atoms with van der Waals surface area (Å²) in [4.78, 5) is 0. The molecule has 0 aliphatic carbocycles. The molecule has 0 saturated carbocycles. The lowest BCUT2D eigenvalue weighted by atomic mass is 10.0. The average molecular weight is 276 g/mol. The van der Waals surface area contributed by atoms with Gasteiger partial charge in [0, 0.05) is 36.8 Å². The summed E-state index contributed by atoms with van der Waals surface area (Å²) >= 11 is 0. The van der Waals surface area contributed by atoms with E-state index in [2.05, 4.69) is 90.1 Å². The van der Waals surface area contributed by atoms with E-state index in [0.717, 1.165) is 0 Å². The predicted molar refractivity (Wildman–Crippen MR) is 84.4 cm³/mol. The summed E-state index contributed by atoms with van der Waals surface area (Å²) in [6, 6.07) is 19.3. The molecule has 1 aromatic carbocycles. The van der Waals surface area contributed by atoms with Gasteiger partial charge in [-0.05, 0) is 23.3 Å². The topological polar surface area (TPSA) is 7.76 Å². The standard InChI is InChI=1S/C19H20N2/c1-15-13-18(16-9-11-20(2)12-10-16)14-19(21(15)3)17-7-5-4-6-8-17/h4-14H,1-3H3/q+2. The lowest BCUT2D eigenvalue weighted by Gasteiger charge is -2.07. The Morgan fingerprint density at radius 1 is 0.714 bits per heavy atom. The number of nitrogens with zero attached hydrogens (tertiary/aromatic N) is 2. The lowest BCUT2D eigenvalue weighted by Crippen LogP contribution is -2.34. The first-order valence-corrected chi connectivity index (χ1v) is 7.17. The molecule has 0 aliphatic rings. The van der Waals surface area contributed by atoms with E-state index < -0.39 is 0 Å². The number of rotatable bonds is 2. The Bertz CT molecular complexity index is 760. The van der Waals surface area contributed by atoms with E-state index in [9.17, 15) is 0 Å². The van der Waals surface area contributed by atoms with E-state index in [4.69, 9.17) is 0 Å². The van der Waals surface area contributed by atoms with Crippen molar-refractivity contribution in [2.45, 2.75) is 6.92 Å². The van der Waals surface area contributed by atoms with Gasteiger partial charge in [-0.1, -0.05) is 18.2 Å².